The highest BCUT2D eigenvalue weighted by Gasteiger charge is 2.08. The maximum absolute atomic E-state index is 12.3. The lowest BCUT2D eigenvalue weighted by molar-refractivity contribution is -0.116. The summed E-state index contributed by atoms with van der Waals surface area (Å²) < 4.78 is 1.20. The maximum atomic E-state index is 12.3. The summed E-state index contributed by atoms with van der Waals surface area (Å²) >= 11 is 5.79. The number of aromatic nitrogens is 3. The number of nitrogens with one attached hydrogen (secondary N) is 1. The van der Waals surface area contributed by atoms with Crippen LogP contribution in [0.4, 0.5) is 5.69 Å². The Morgan fingerprint density at radius 3 is 2.65 bits per heavy atom. The molecule has 0 bridgehead atoms. The summed E-state index contributed by atoms with van der Waals surface area (Å²) in [4.78, 5) is 24.2. The molecule has 0 spiro atoms. The van der Waals surface area contributed by atoms with Gasteiger partial charge in [0.15, 0.2) is 0 Å². The first-order valence-electron chi connectivity index (χ1n) is 7.01. The van der Waals surface area contributed by atoms with E-state index in [1.165, 1.54) is 4.68 Å². The van der Waals surface area contributed by atoms with E-state index in [0.717, 1.165) is 0 Å². The van der Waals surface area contributed by atoms with Crippen molar-refractivity contribution >= 4 is 34.1 Å². The third-order valence-corrected chi connectivity index (χ3v) is 3.56. The molecule has 1 N–H and O–H groups in total. The second-order valence-electron chi connectivity index (χ2n) is 4.94. The molecule has 1 aromatic heterocycles. The smallest absolute Gasteiger partial charge is 0.277 e. The Balaban J connectivity index is 1.68. The van der Waals surface area contributed by atoms with Crippen molar-refractivity contribution in [3.8, 4) is 0 Å². The van der Waals surface area contributed by atoms with Gasteiger partial charge in [0.2, 0.25) is 5.91 Å². The van der Waals surface area contributed by atoms with Crippen LogP contribution in [0.1, 0.15) is 6.42 Å². The third kappa shape index (κ3) is 3.54. The third-order valence-electron chi connectivity index (χ3n) is 3.31. The van der Waals surface area contributed by atoms with Crippen molar-refractivity contribution in [3.63, 3.8) is 0 Å². The van der Waals surface area contributed by atoms with Gasteiger partial charge in [-0.15, -0.1) is 5.10 Å². The molecule has 0 fully saturated rings. The highest BCUT2D eigenvalue weighted by atomic mass is 35.5. The fourth-order valence-electron chi connectivity index (χ4n) is 2.13. The molecule has 0 aliphatic carbocycles. The van der Waals surface area contributed by atoms with Gasteiger partial charge in [-0.05, 0) is 36.4 Å². The van der Waals surface area contributed by atoms with Crippen LogP contribution in [-0.4, -0.2) is 20.9 Å². The van der Waals surface area contributed by atoms with Gasteiger partial charge in [0.25, 0.3) is 5.56 Å². The first-order chi connectivity index (χ1) is 11.1. The summed E-state index contributed by atoms with van der Waals surface area (Å²) in [6.45, 7) is 0.163. The van der Waals surface area contributed by atoms with Crippen LogP contribution in [0.3, 0.4) is 0 Å². The molecule has 0 atom stereocenters. The highest BCUT2D eigenvalue weighted by molar-refractivity contribution is 6.30. The molecule has 6 nitrogen and oxygen atoms in total. The van der Waals surface area contributed by atoms with E-state index in [1.54, 1.807) is 48.5 Å². The molecule has 3 rings (SSSR count). The van der Waals surface area contributed by atoms with E-state index in [0.29, 0.717) is 21.6 Å². The van der Waals surface area contributed by atoms with Gasteiger partial charge < -0.3 is 5.32 Å². The number of anilines is 1. The number of nitrogens with zero attached hydrogens (tertiary/aromatic N) is 3. The lowest BCUT2D eigenvalue weighted by Gasteiger charge is -2.06. The summed E-state index contributed by atoms with van der Waals surface area (Å²) in [6, 6.07) is 13.8. The first-order valence-corrected chi connectivity index (χ1v) is 7.39. The van der Waals surface area contributed by atoms with Crippen LogP contribution in [0.15, 0.2) is 53.3 Å². The Kier molecular flexibility index (Phi) is 4.34. The van der Waals surface area contributed by atoms with Gasteiger partial charge in [-0.3, -0.25) is 9.59 Å². The van der Waals surface area contributed by atoms with E-state index in [2.05, 4.69) is 15.6 Å². The topological polar surface area (TPSA) is 76.9 Å². The minimum absolute atomic E-state index is 0.121. The molecule has 116 valence electrons. The Morgan fingerprint density at radius 1 is 1.13 bits per heavy atom. The number of carbonyl (C=O) groups is 1. The molecule has 3 aromatic rings. The summed E-state index contributed by atoms with van der Waals surface area (Å²) in [6.07, 6.45) is 0.121. The standard InChI is InChI=1S/C16H13ClN4O2/c17-11-5-7-12(8-6-11)18-15(22)9-10-21-16(23)13-3-1-2-4-14(13)19-20-21/h1-8H,9-10H2,(H,18,22). The van der Waals surface area contributed by atoms with Crippen LogP contribution in [0.5, 0.6) is 0 Å². The molecular formula is C16H13ClN4O2. The Bertz CT molecular complexity index is 906. The van der Waals surface area contributed by atoms with Gasteiger partial charge in [-0.1, -0.05) is 28.9 Å². The van der Waals surface area contributed by atoms with E-state index < -0.39 is 0 Å². The number of amides is 1. The van der Waals surface area contributed by atoms with E-state index in [-0.39, 0.29) is 24.4 Å². The summed E-state index contributed by atoms with van der Waals surface area (Å²) in [5, 5.41) is 11.7. The molecule has 0 saturated carbocycles. The van der Waals surface area contributed by atoms with E-state index in [4.69, 9.17) is 11.6 Å². The van der Waals surface area contributed by atoms with Crippen LogP contribution in [0.2, 0.25) is 5.02 Å². The molecule has 0 saturated heterocycles. The van der Waals surface area contributed by atoms with Gasteiger partial charge in [-0.25, -0.2) is 4.68 Å². The average Bonchev–Trinajstić information content (AvgIpc) is 2.57. The Morgan fingerprint density at radius 2 is 1.87 bits per heavy atom. The van der Waals surface area contributed by atoms with Crippen molar-refractivity contribution < 1.29 is 4.79 Å². The number of hydrogen-bond donors (Lipinski definition) is 1. The van der Waals surface area contributed by atoms with Crippen molar-refractivity contribution in [2.45, 2.75) is 13.0 Å². The predicted octanol–water partition coefficient (Wildman–Crippen LogP) is 2.47. The number of aryl methyl sites for hydroxylation is 1. The zero-order valence-electron chi connectivity index (χ0n) is 12.1. The molecule has 1 heterocycles. The molecule has 2 aromatic carbocycles. The zero-order chi connectivity index (χ0) is 16.2. The number of halogens is 1. The second kappa shape index (κ2) is 6.58. The van der Waals surface area contributed by atoms with Gasteiger partial charge in [0.1, 0.15) is 5.52 Å². The van der Waals surface area contributed by atoms with Crippen molar-refractivity contribution in [3.05, 3.63) is 63.9 Å². The number of hydrogen-bond acceptors (Lipinski definition) is 4. The molecule has 23 heavy (non-hydrogen) atoms. The number of rotatable bonds is 4. The molecule has 0 aliphatic heterocycles. The predicted molar refractivity (Wildman–Crippen MR) is 88.5 cm³/mol. The van der Waals surface area contributed by atoms with Crippen molar-refractivity contribution in [2.24, 2.45) is 0 Å². The monoisotopic (exact) mass is 328 g/mol. The molecule has 0 unspecified atom stereocenters. The number of benzene rings is 2. The van der Waals surface area contributed by atoms with Gasteiger partial charge >= 0.3 is 0 Å². The fourth-order valence-corrected chi connectivity index (χ4v) is 2.26. The normalized spacial score (nSPS) is 10.7. The lowest BCUT2D eigenvalue weighted by Crippen LogP contribution is -2.26. The molecule has 0 aliphatic rings. The quantitative estimate of drug-likeness (QED) is 0.798. The van der Waals surface area contributed by atoms with Gasteiger partial charge in [0, 0.05) is 17.1 Å². The first kappa shape index (κ1) is 15.2. The zero-order valence-corrected chi connectivity index (χ0v) is 12.8. The van der Waals surface area contributed by atoms with Gasteiger partial charge in [0.05, 0.1) is 11.9 Å². The minimum atomic E-state index is -0.255. The average molecular weight is 329 g/mol. The number of carbonyl (C=O) groups excluding carboxylic acids is 1. The van der Waals surface area contributed by atoms with E-state index in [1.807, 2.05) is 0 Å². The van der Waals surface area contributed by atoms with Crippen LogP contribution >= 0.6 is 11.6 Å². The van der Waals surface area contributed by atoms with Crippen molar-refractivity contribution in [1.82, 2.24) is 15.0 Å². The maximum Gasteiger partial charge on any atom is 0.277 e. The molecular weight excluding hydrogens is 316 g/mol. The minimum Gasteiger partial charge on any atom is -0.326 e. The number of fused-ring (bicyclic) bond motifs is 1. The Labute approximate surface area is 136 Å². The van der Waals surface area contributed by atoms with Crippen molar-refractivity contribution in [2.75, 3.05) is 5.32 Å². The summed E-state index contributed by atoms with van der Waals surface area (Å²) in [7, 11) is 0. The molecule has 0 radical (unpaired) electrons. The second-order valence-corrected chi connectivity index (χ2v) is 5.38. The summed E-state index contributed by atoms with van der Waals surface area (Å²) in [5.41, 5.74) is 0.936. The van der Waals surface area contributed by atoms with E-state index in [9.17, 15) is 9.59 Å². The van der Waals surface area contributed by atoms with Crippen LogP contribution in [-0.2, 0) is 11.3 Å². The Hall–Kier alpha value is -2.73. The fraction of sp³-hybridized carbons (Fsp3) is 0.125. The van der Waals surface area contributed by atoms with Crippen LogP contribution in [0, 0.1) is 0 Å². The molecule has 1 amide bonds. The van der Waals surface area contributed by atoms with Crippen LogP contribution < -0.4 is 10.9 Å². The highest BCUT2D eigenvalue weighted by Crippen LogP contribution is 2.13. The largest absolute Gasteiger partial charge is 0.326 e. The van der Waals surface area contributed by atoms with Gasteiger partial charge in [-0.2, -0.15) is 0 Å². The summed E-state index contributed by atoms with van der Waals surface area (Å²) in [5.74, 6) is -0.214. The molecule has 7 heteroatoms. The SMILES string of the molecule is O=C(CCn1nnc2ccccc2c1=O)Nc1ccc(Cl)cc1. The van der Waals surface area contributed by atoms with Crippen LogP contribution in [0.25, 0.3) is 10.9 Å². The van der Waals surface area contributed by atoms with E-state index >= 15 is 0 Å². The lowest BCUT2D eigenvalue weighted by atomic mass is 10.2. The van der Waals surface area contributed by atoms with Crippen molar-refractivity contribution in [1.29, 1.82) is 0 Å².